The van der Waals surface area contributed by atoms with Gasteiger partial charge in [-0.25, -0.2) is 9.97 Å². The lowest BCUT2D eigenvalue weighted by Gasteiger charge is -2.35. The van der Waals surface area contributed by atoms with E-state index in [-0.39, 0.29) is 12.2 Å². The largest absolute Gasteiger partial charge is 0.372 e. The number of hydrogen-bond donors (Lipinski definition) is 0. The van der Waals surface area contributed by atoms with Gasteiger partial charge in [-0.15, -0.1) is 0 Å². The third kappa shape index (κ3) is 2.58. The monoisotopic (exact) mass is 227 g/mol. The summed E-state index contributed by atoms with van der Waals surface area (Å²) < 4.78 is 5.64. The summed E-state index contributed by atoms with van der Waals surface area (Å²) in [7, 11) is 0. The maximum atomic E-state index is 5.74. The first-order chi connectivity index (χ1) is 7.15. The van der Waals surface area contributed by atoms with Crippen LogP contribution in [0.3, 0.4) is 0 Å². The second kappa shape index (κ2) is 4.33. The third-order valence-electron chi connectivity index (χ3n) is 2.31. The van der Waals surface area contributed by atoms with E-state index in [1.807, 2.05) is 0 Å². The van der Waals surface area contributed by atoms with E-state index in [4.69, 9.17) is 16.3 Å². The Kier molecular flexibility index (Phi) is 3.07. The topological polar surface area (TPSA) is 38.2 Å². The zero-order valence-electron chi connectivity index (χ0n) is 8.85. The van der Waals surface area contributed by atoms with Gasteiger partial charge in [-0.05, 0) is 13.8 Å². The summed E-state index contributed by atoms with van der Waals surface area (Å²) in [5.41, 5.74) is 0. The highest BCUT2D eigenvalue weighted by molar-refractivity contribution is 6.30. The Labute approximate surface area is 94.2 Å². The molecule has 0 radical (unpaired) electrons. The van der Waals surface area contributed by atoms with Gasteiger partial charge in [0.25, 0.3) is 0 Å². The van der Waals surface area contributed by atoms with Crippen molar-refractivity contribution in [3.63, 3.8) is 0 Å². The molecule has 1 saturated heterocycles. The van der Waals surface area contributed by atoms with Gasteiger partial charge in [-0.2, -0.15) is 0 Å². The molecule has 0 amide bonds. The Balaban J connectivity index is 2.12. The van der Waals surface area contributed by atoms with Gasteiger partial charge < -0.3 is 9.64 Å². The van der Waals surface area contributed by atoms with E-state index in [9.17, 15) is 0 Å². The van der Waals surface area contributed by atoms with Crippen LogP contribution in [0.5, 0.6) is 0 Å². The normalized spacial score (nSPS) is 26.7. The second-order valence-corrected chi connectivity index (χ2v) is 4.30. The molecule has 1 aliphatic heterocycles. The van der Waals surface area contributed by atoms with E-state index in [2.05, 4.69) is 28.7 Å². The Hall–Kier alpha value is -0.870. The maximum absolute atomic E-state index is 5.74. The molecule has 5 heteroatoms. The third-order valence-corrected chi connectivity index (χ3v) is 2.50. The van der Waals surface area contributed by atoms with Crippen LogP contribution < -0.4 is 4.90 Å². The molecule has 0 aliphatic carbocycles. The van der Waals surface area contributed by atoms with E-state index in [0.29, 0.717) is 5.02 Å². The summed E-state index contributed by atoms with van der Waals surface area (Å²) in [5.74, 6) is 0.724. The van der Waals surface area contributed by atoms with Crippen LogP contribution in [0.25, 0.3) is 0 Å². The maximum Gasteiger partial charge on any atom is 0.225 e. The van der Waals surface area contributed by atoms with Crippen molar-refractivity contribution in [1.82, 2.24) is 9.97 Å². The Morgan fingerprint density at radius 3 is 2.33 bits per heavy atom. The highest BCUT2D eigenvalue weighted by atomic mass is 35.5. The summed E-state index contributed by atoms with van der Waals surface area (Å²) in [6.45, 7) is 5.76. The number of anilines is 1. The lowest BCUT2D eigenvalue weighted by atomic mass is 10.2. The number of halogens is 1. The van der Waals surface area contributed by atoms with E-state index in [1.54, 1.807) is 12.4 Å². The molecular weight excluding hydrogens is 214 g/mol. The van der Waals surface area contributed by atoms with E-state index >= 15 is 0 Å². The molecule has 15 heavy (non-hydrogen) atoms. The van der Waals surface area contributed by atoms with Crippen LogP contribution >= 0.6 is 11.6 Å². The van der Waals surface area contributed by atoms with Crippen LogP contribution in [0.1, 0.15) is 13.8 Å². The molecule has 1 aliphatic rings. The number of ether oxygens (including phenoxy) is 1. The molecule has 0 saturated carbocycles. The fraction of sp³-hybridized carbons (Fsp3) is 0.600. The summed E-state index contributed by atoms with van der Waals surface area (Å²) in [5, 5.41) is 0.563. The smallest absolute Gasteiger partial charge is 0.225 e. The lowest BCUT2D eigenvalue weighted by molar-refractivity contribution is -0.00571. The van der Waals surface area contributed by atoms with E-state index in [1.165, 1.54) is 0 Å². The molecule has 0 spiro atoms. The molecule has 2 rings (SSSR count). The Morgan fingerprint density at radius 1 is 1.27 bits per heavy atom. The molecule has 82 valence electrons. The average Bonchev–Trinajstić information content (AvgIpc) is 2.17. The Morgan fingerprint density at radius 2 is 1.80 bits per heavy atom. The van der Waals surface area contributed by atoms with Gasteiger partial charge in [0.05, 0.1) is 29.6 Å². The molecule has 4 nitrogen and oxygen atoms in total. The number of nitrogens with zero attached hydrogens (tertiary/aromatic N) is 3. The first kappa shape index (κ1) is 10.6. The molecule has 1 aromatic heterocycles. The van der Waals surface area contributed by atoms with Gasteiger partial charge >= 0.3 is 0 Å². The van der Waals surface area contributed by atoms with Crippen molar-refractivity contribution in [2.75, 3.05) is 18.0 Å². The van der Waals surface area contributed by atoms with Gasteiger partial charge in [0, 0.05) is 13.1 Å². The van der Waals surface area contributed by atoms with Gasteiger partial charge in [0.15, 0.2) is 0 Å². The Bertz CT molecular complexity index is 320. The van der Waals surface area contributed by atoms with Gasteiger partial charge in [-0.1, -0.05) is 11.6 Å². The van der Waals surface area contributed by atoms with Crippen LogP contribution in [0, 0.1) is 0 Å². The molecular formula is C10H14ClN3O. The van der Waals surface area contributed by atoms with Crippen LogP contribution in [0.4, 0.5) is 5.95 Å². The van der Waals surface area contributed by atoms with E-state index in [0.717, 1.165) is 19.0 Å². The van der Waals surface area contributed by atoms with Crippen molar-refractivity contribution in [2.45, 2.75) is 26.1 Å². The standard InChI is InChI=1S/C10H14ClN3O/c1-7-5-14(6-8(2)15-7)10-12-3-9(11)4-13-10/h3-4,7-8H,5-6H2,1-2H3/t7-,8-/m1/s1. The molecule has 0 unspecified atom stereocenters. The molecule has 0 bridgehead atoms. The molecule has 0 aromatic carbocycles. The quantitative estimate of drug-likeness (QED) is 0.733. The zero-order chi connectivity index (χ0) is 10.8. The predicted molar refractivity (Wildman–Crippen MR) is 59.3 cm³/mol. The van der Waals surface area contributed by atoms with Gasteiger partial charge in [-0.3, -0.25) is 0 Å². The molecule has 1 fully saturated rings. The van der Waals surface area contributed by atoms with Gasteiger partial charge in [0.1, 0.15) is 0 Å². The van der Waals surface area contributed by atoms with Crippen LogP contribution in [-0.2, 0) is 4.74 Å². The van der Waals surface area contributed by atoms with Crippen molar-refractivity contribution in [3.8, 4) is 0 Å². The first-order valence-electron chi connectivity index (χ1n) is 5.03. The van der Waals surface area contributed by atoms with Crippen molar-refractivity contribution < 1.29 is 4.74 Å². The molecule has 1 aromatic rings. The lowest BCUT2D eigenvalue weighted by Crippen LogP contribution is -2.46. The minimum atomic E-state index is 0.216. The number of morpholine rings is 1. The number of aromatic nitrogens is 2. The van der Waals surface area contributed by atoms with Crippen molar-refractivity contribution in [1.29, 1.82) is 0 Å². The zero-order valence-corrected chi connectivity index (χ0v) is 9.61. The van der Waals surface area contributed by atoms with Crippen LogP contribution in [0.2, 0.25) is 5.02 Å². The summed E-state index contributed by atoms with van der Waals surface area (Å²) >= 11 is 5.74. The van der Waals surface area contributed by atoms with Crippen molar-refractivity contribution >= 4 is 17.5 Å². The summed E-state index contributed by atoms with van der Waals surface area (Å²) in [6.07, 6.45) is 3.67. The summed E-state index contributed by atoms with van der Waals surface area (Å²) in [4.78, 5) is 10.5. The number of rotatable bonds is 1. The van der Waals surface area contributed by atoms with Crippen LogP contribution in [-0.4, -0.2) is 35.3 Å². The van der Waals surface area contributed by atoms with Crippen molar-refractivity contribution in [2.24, 2.45) is 0 Å². The molecule has 2 heterocycles. The fourth-order valence-corrected chi connectivity index (χ4v) is 1.91. The average molecular weight is 228 g/mol. The van der Waals surface area contributed by atoms with Gasteiger partial charge in [0.2, 0.25) is 5.95 Å². The SMILES string of the molecule is C[C@@H]1CN(c2ncc(Cl)cn2)C[C@@H](C)O1. The second-order valence-electron chi connectivity index (χ2n) is 3.86. The first-order valence-corrected chi connectivity index (χ1v) is 5.41. The van der Waals surface area contributed by atoms with E-state index < -0.39 is 0 Å². The fourth-order valence-electron chi connectivity index (χ4n) is 1.81. The summed E-state index contributed by atoms with van der Waals surface area (Å²) in [6, 6.07) is 0. The molecule has 0 N–H and O–H groups in total. The van der Waals surface area contributed by atoms with Crippen molar-refractivity contribution in [3.05, 3.63) is 17.4 Å². The minimum Gasteiger partial charge on any atom is -0.372 e. The highest BCUT2D eigenvalue weighted by Crippen LogP contribution is 2.16. The molecule has 2 atom stereocenters. The van der Waals surface area contributed by atoms with Crippen LogP contribution in [0.15, 0.2) is 12.4 Å². The number of hydrogen-bond acceptors (Lipinski definition) is 4. The predicted octanol–water partition coefficient (Wildman–Crippen LogP) is 1.74. The minimum absolute atomic E-state index is 0.216. The highest BCUT2D eigenvalue weighted by Gasteiger charge is 2.23.